The molecule has 0 aliphatic carbocycles. The van der Waals surface area contributed by atoms with Crippen molar-refractivity contribution in [3.8, 4) is 11.3 Å². The molecule has 0 N–H and O–H groups in total. The molecule has 0 unspecified atom stereocenters. The zero-order chi connectivity index (χ0) is 10.8. The van der Waals surface area contributed by atoms with Gasteiger partial charge in [-0.1, -0.05) is 31.1 Å². The van der Waals surface area contributed by atoms with Gasteiger partial charge < -0.3 is 4.52 Å². The van der Waals surface area contributed by atoms with Crippen LogP contribution in [0.3, 0.4) is 0 Å². The van der Waals surface area contributed by atoms with E-state index in [1.54, 1.807) is 6.07 Å². The fourth-order valence-electron chi connectivity index (χ4n) is 1.35. The van der Waals surface area contributed by atoms with Gasteiger partial charge in [-0.05, 0) is 12.1 Å². The highest BCUT2D eigenvalue weighted by molar-refractivity contribution is 5.58. The van der Waals surface area contributed by atoms with E-state index in [9.17, 15) is 4.39 Å². The van der Waals surface area contributed by atoms with E-state index in [1.807, 2.05) is 26.0 Å². The summed E-state index contributed by atoms with van der Waals surface area (Å²) in [5.74, 6) is 0.843. The average molecular weight is 205 g/mol. The SMILES string of the molecule is CC(C)c1cc(-c2cccc(F)c2)no1. The summed E-state index contributed by atoms with van der Waals surface area (Å²) in [5, 5.41) is 3.91. The zero-order valence-electron chi connectivity index (χ0n) is 8.70. The Morgan fingerprint density at radius 1 is 1.27 bits per heavy atom. The third-order valence-corrected chi connectivity index (χ3v) is 2.22. The summed E-state index contributed by atoms with van der Waals surface area (Å²) in [6.45, 7) is 4.05. The Kier molecular flexibility index (Phi) is 2.54. The van der Waals surface area contributed by atoms with Gasteiger partial charge in [-0.25, -0.2) is 4.39 Å². The number of hydrogen-bond donors (Lipinski definition) is 0. The third-order valence-electron chi connectivity index (χ3n) is 2.22. The van der Waals surface area contributed by atoms with E-state index in [0.717, 1.165) is 11.3 Å². The third kappa shape index (κ3) is 2.06. The van der Waals surface area contributed by atoms with E-state index in [0.29, 0.717) is 11.6 Å². The molecule has 0 radical (unpaired) electrons. The molecule has 78 valence electrons. The molecule has 1 aromatic heterocycles. The maximum atomic E-state index is 13.0. The summed E-state index contributed by atoms with van der Waals surface area (Å²) >= 11 is 0. The molecule has 0 amide bonds. The summed E-state index contributed by atoms with van der Waals surface area (Å²) in [6, 6.07) is 8.17. The highest BCUT2D eigenvalue weighted by Crippen LogP contribution is 2.23. The molecule has 0 spiro atoms. The lowest BCUT2D eigenvalue weighted by atomic mass is 10.1. The minimum atomic E-state index is -0.262. The van der Waals surface area contributed by atoms with Crippen LogP contribution in [0, 0.1) is 5.82 Å². The Morgan fingerprint density at radius 3 is 2.67 bits per heavy atom. The summed E-state index contributed by atoms with van der Waals surface area (Å²) in [6.07, 6.45) is 0. The molecule has 1 aromatic carbocycles. The Morgan fingerprint density at radius 2 is 2.07 bits per heavy atom. The largest absolute Gasteiger partial charge is 0.361 e. The molecule has 0 saturated heterocycles. The monoisotopic (exact) mass is 205 g/mol. The van der Waals surface area contributed by atoms with Crippen molar-refractivity contribution in [2.45, 2.75) is 19.8 Å². The van der Waals surface area contributed by atoms with E-state index in [2.05, 4.69) is 5.16 Å². The summed E-state index contributed by atoms with van der Waals surface area (Å²) in [7, 11) is 0. The molecular weight excluding hydrogens is 193 g/mol. The Bertz CT molecular complexity index is 462. The van der Waals surface area contributed by atoms with Gasteiger partial charge in [-0.15, -0.1) is 0 Å². The molecule has 15 heavy (non-hydrogen) atoms. The minimum absolute atomic E-state index is 0.262. The van der Waals surface area contributed by atoms with Gasteiger partial charge in [0, 0.05) is 17.5 Å². The molecule has 2 aromatic rings. The molecule has 0 atom stereocenters. The van der Waals surface area contributed by atoms with Gasteiger partial charge in [0.2, 0.25) is 0 Å². The summed E-state index contributed by atoms with van der Waals surface area (Å²) in [5.41, 5.74) is 1.42. The van der Waals surface area contributed by atoms with Crippen LogP contribution in [0.5, 0.6) is 0 Å². The molecule has 0 aliphatic heterocycles. The normalized spacial score (nSPS) is 10.9. The second-order valence-corrected chi connectivity index (χ2v) is 3.78. The van der Waals surface area contributed by atoms with Crippen molar-refractivity contribution in [2.24, 2.45) is 0 Å². The topological polar surface area (TPSA) is 26.0 Å². The van der Waals surface area contributed by atoms with Crippen molar-refractivity contribution in [1.82, 2.24) is 5.16 Å². The van der Waals surface area contributed by atoms with Crippen LogP contribution in [-0.4, -0.2) is 5.16 Å². The van der Waals surface area contributed by atoms with E-state index < -0.39 is 0 Å². The lowest BCUT2D eigenvalue weighted by Gasteiger charge is -1.95. The minimum Gasteiger partial charge on any atom is -0.361 e. The van der Waals surface area contributed by atoms with Crippen LogP contribution in [0.2, 0.25) is 0 Å². The smallest absolute Gasteiger partial charge is 0.139 e. The molecule has 0 bridgehead atoms. The van der Waals surface area contributed by atoms with Crippen LogP contribution in [0.25, 0.3) is 11.3 Å². The first-order valence-corrected chi connectivity index (χ1v) is 4.89. The highest BCUT2D eigenvalue weighted by Gasteiger charge is 2.09. The Hall–Kier alpha value is -1.64. The second-order valence-electron chi connectivity index (χ2n) is 3.78. The van der Waals surface area contributed by atoms with Crippen LogP contribution >= 0.6 is 0 Å². The molecule has 2 nitrogen and oxygen atoms in total. The van der Waals surface area contributed by atoms with Gasteiger partial charge in [0.1, 0.15) is 17.3 Å². The van der Waals surface area contributed by atoms with Crippen molar-refractivity contribution in [1.29, 1.82) is 0 Å². The van der Waals surface area contributed by atoms with E-state index in [1.165, 1.54) is 12.1 Å². The number of rotatable bonds is 2. The molecule has 3 heteroatoms. The van der Waals surface area contributed by atoms with Crippen molar-refractivity contribution in [3.63, 3.8) is 0 Å². The number of nitrogens with zero attached hydrogens (tertiary/aromatic N) is 1. The van der Waals surface area contributed by atoms with E-state index in [4.69, 9.17) is 4.52 Å². The fourth-order valence-corrected chi connectivity index (χ4v) is 1.35. The van der Waals surface area contributed by atoms with E-state index in [-0.39, 0.29) is 5.82 Å². The van der Waals surface area contributed by atoms with Crippen LogP contribution in [-0.2, 0) is 0 Å². The second kappa shape index (κ2) is 3.85. The van der Waals surface area contributed by atoms with Gasteiger partial charge in [0.05, 0.1) is 0 Å². The highest BCUT2D eigenvalue weighted by atomic mass is 19.1. The summed E-state index contributed by atoms with van der Waals surface area (Å²) in [4.78, 5) is 0. The number of aromatic nitrogens is 1. The average Bonchev–Trinajstić information content (AvgIpc) is 2.66. The number of hydrogen-bond acceptors (Lipinski definition) is 2. The maximum Gasteiger partial charge on any atom is 0.139 e. The van der Waals surface area contributed by atoms with Gasteiger partial charge in [-0.2, -0.15) is 0 Å². The van der Waals surface area contributed by atoms with Crippen molar-refractivity contribution >= 4 is 0 Å². The van der Waals surface area contributed by atoms with Crippen LogP contribution < -0.4 is 0 Å². The van der Waals surface area contributed by atoms with Crippen molar-refractivity contribution < 1.29 is 8.91 Å². The van der Waals surface area contributed by atoms with Crippen LogP contribution in [0.1, 0.15) is 25.5 Å². The van der Waals surface area contributed by atoms with Crippen molar-refractivity contribution in [2.75, 3.05) is 0 Å². The molecule has 0 saturated carbocycles. The number of benzene rings is 1. The molecule has 1 heterocycles. The van der Waals surface area contributed by atoms with Crippen molar-refractivity contribution in [3.05, 3.63) is 41.9 Å². The lowest BCUT2D eigenvalue weighted by Crippen LogP contribution is -1.81. The predicted octanol–water partition coefficient (Wildman–Crippen LogP) is 3.60. The fraction of sp³-hybridized carbons (Fsp3) is 0.250. The maximum absolute atomic E-state index is 13.0. The van der Waals surface area contributed by atoms with E-state index >= 15 is 0 Å². The lowest BCUT2D eigenvalue weighted by molar-refractivity contribution is 0.373. The van der Waals surface area contributed by atoms with Gasteiger partial charge in [0.25, 0.3) is 0 Å². The number of halogens is 1. The Labute approximate surface area is 87.7 Å². The van der Waals surface area contributed by atoms with Gasteiger partial charge in [0.15, 0.2) is 0 Å². The zero-order valence-corrected chi connectivity index (χ0v) is 8.70. The predicted molar refractivity (Wildman–Crippen MR) is 56.0 cm³/mol. The molecule has 2 rings (SSSR count). The Balaban J connectivity index is 2.37. The van der Waals surface area contributed by atoms with Gasteiger partial charge in [-0.3, -0.25) is 0 Å². The molecule has 0 aliphatic rings. The van der Waals surface area contributed by atoms with Crippen LogP contribution in [0.4, 0.5) is 4.39 Å². The first-order chi connectivity index (χ1) is 7.16. The van der Waals surface area contributed by atoms with Gasteiger partial charge >= 0.3 is 0 Å². The molecule has 0 fully saturated rings. The standard InChI is InChI=1S/C12H12FNO/c1-8(2)12-7-11(14-15-12)9-4-3-5-10(13)6-9/h3-8H,1-2H3. The first kappa shape index (κ1) is 9.90. The summed E-state index contributed by atoms with van der Waals surface area (Å²) < 4.78 is 18.1. The van der Waals surface area contributed by atoms with Crippen LogP contribution in [0.15, 0.2) is 34.9 Å². The first-order valence-electron chi connectivity index (χ1n) is 4.89. The quantitative estimate of drug-likeness (QED) is 0.748. The molecular formula is C12H12FNO.